The molecule has 0 bridgehead atoms. The summed E-state index contributed by atoms with van der Waals surface area (Å²) in [6, 6.07) is 23.1. The molecule has 26 heavy (non-hydrogen) atoms. The van der Waals surface area contributed by atoms with Gasteiger partial charge in [-0.25, -0.2) is 0 Å². The van der Waals surface area contributed by atoms with Crippen molar-refractivity contribution < 1.29 is 9.72 Å². The van der Waals surface area contributed by atoms with Gasteiger partial charge in [0.25, 0.3) is 11.6 Å². The minimum atomic E-state index is -0.563. The van der Waals surface area contributed by atoms with Crippen LogP contribution in [0.15, 0.2) is 78.9 Å². The van der Waals surface area contributed by atoms with Gasteiger partial charge >= 0.3 is 0 Å². The Bertz CT molecular complexity index is 949. The molecular weight excluding hydrogens is 328 g/mol. The smallest absolute Gasteiger partial charge is 0.282 e. The number of carbonyl (C=O) groups is 1. The lowest BCUT2D eigenvalue weighted by molar-refractivity contribution is -0.385. The van der Waals surface area contributed by atoms with Gasteiger partial charge in [0.15, 0.2) is 0 Å². The molecule has 5 nitrogen and oxygen atoms in total. The standard InChI is InChI=1S/C21H16N2O3/c24-21(19-8-4-5-9-20(19)23(25)26)22-18-14-12-17(13-15-18)11-10-16-6-2-1-3-7-16/h1-15H,(H,22,24). The van der Waals surface area contributed by atoms with E-state index in [9.17, 15) is 14.9 Å². The van der Waals surface area contributed by atoms with E-state index in [2.05, 4.69) is 5.32 Å². The number of rotatable bonds is 5. The largest absolute Gasteiger partial charge is 0.322 e. The van der Waals surface area contributed by atoms with Gasteiger partial charge in [-0.05, 0) is 29.3 Å². The number of anilines is 1. The van der Waals surface area contributed by atoms with Gasteiger partial charge in [0.1, 0.15) is 5.56 Å². The van der Waals surface area contributed by atoms with Gasteiger partial charge in [0, 0.05) is 11.8 Å². The van der Waals surface area contributed by atoms with Crippen LogP contribution in [-0.2, 0) is 0 Å². The molecular formula is C21H16N2O3. The Balaban J connectivity index is 1.71. The predicted octanol–water partition coefficient (Wildman–Crippen LogP) is 5.02. The molecule has 0 unspecified atom stereocenters. The van der Waals surface area contributed by atoms with Crippen LogP contribution in [0.3, 0.4) is 0 Å². The molecule has 0 saturated carbocycles. The Morgan fingerprint density at radius 2 is 1.38 bits per heavy atom. The first-order valence-corrected chi connectivity index (χ1v) is 8.01. The van der Waals surface area contributed by atoms with Crippen molar-refractivity contribution in [3.63, 3.8) is 0 Å². The number of nitrogens with one attached hydrogen (secondary N) is 1. The van der Waals surface area contributed by atoms with Gasteiger partial charge in [-0.1, -0.05) is 66.7 Å². The van der Waals surface area contributed by atoms with Crippen LogP contribution in [0.25, 0.3) is 12.2 Å². The second kappa shape index (κ2) is 7.90. The van der Waals surface area contributed by atoms with E-state index in [4.69, 9.17) is 0 Å². The van der Waals surface area contributed by atoms with E-state index in [0.717, 1.165) is 11.1 Å². The van der Waals surface area contributed by atoms with Gasteiger partial charge < -0.3 is 5.32 Å². The van der Waals surface area contributed by atoms with E-state index in [1.165, 1.54) is 18.2 Å². The number of hydrogen-bond acceptors (Lipinski definition) is 3. The number of nitro benzene ring substituents is 1. The molecule has 128 valence electrons. The van der Waals surface area contributed by atoms with E-state index >= 15 is 0 Å². The molecule has 0 aliphatic carbocycles. The first-order chi connectivity index (χ1) is 12.6. The zero-order chi connectivity index (χ0) is 18.4. The van der Waals surface area contributed by atoms with Crippen molar-refractivity contribution in [2.45, 2.75) is 0 Å². The first kappa shape index (κ1) is 17.1. The number of amides is 1. The lowest BCUT2D eigenvalue weighted by Crippen LogP contribution is -2.13. The van der Waals surface area contributed by atoms with Crippen molar-refractivity contribution in [3.8, 4) is 0 Å². The van der Waals surface area contributed by atoms with Crippen LogP contribution in [0, 0.1) is 10.1 Å². The Morgan fingerprint density at radius 3 is 2.04 bits per heavy atom. The molecule has 0 radical (unpaired) electrons. The summed E-state index contributed by atoms with van der Waals surface area (Å²) < 4.78 is 0. The van der Waals surface area contributed by atoms with E-state index in [1.54, 1.807) is 18.2 Å². The average Bonchev–Trinajstić information content (AvgIpc) is 2.68. The summed E-state index contributed by atoms with van der Waals surface area (Å²) in [6.07, 6.45) is 3.98. The summed E-state index contributed by atoms with van der Waals surface area (Å²) in [5, 5.41) is 13.7. The minimum Gasteiger partial charge on any atom is -0.322 e. The quantitative estimate of drug-likeness (QED) is 0.401. The van der Waals surface area contributed by atoms with Crippen LogP contribution in [0.2, 0.25) is 0 Å². The number of nitro groups is 1. The molecule has 0 atom stereocenters. The Kier molecular flexibility index (Phi) is 5.19. The molecule has 0 aromatic heterocycles. The normalized spacial score (nSPS) is 10.6. The summed E-state index contributed by atoms with van der Waals surface area (Å²) >= 11 is 0. The Hall–Kier alpha value is -3.73. The highest BCUT2D eigenvalue weighted by atomic mass is 16.6. The van der Waals surface area contributed by atoms with E-state index in [0.29, 0.717) is 5.69 Å². The maximum atomic E-state index is 12.3. The molecule has 0 saturated heterocycles. The fourth-order valence-electron chi connectivity index (χ4n) is 2.46. The first-order valence-electron chi connectivity index (χ1n) is 8.01. The predicted molar refractivity (Wildman–Crippen MR) is 103 cm³/mol. The fourth-order valence-corrected chi connectivity index (χ4v) is 2.46. The fraction of sp³-hybridized carbons (Fsp3) is 0. The number of benzene rings is 3. The number of para-hydroxylation sites is 1. The van der Waals surface area contributed by atoms with Gasteiger partial charge in [0.2, 0.25) is 0 Å². The maximum Gasteiger partial charge on any atom is 0.282 e. The molecule has 0 heterocycles. The van der Waals surface area contributed by atoms with Crippen molar-refractivity contribution >= 4 is 29.4 Å². The second-order valence-electron chi connectivity index (χ2n) is 5.59. The van der Waals surface area contributed by atoms with Gasteiger partial charge in [0.05, 0.1) is 4.92 Å². The highest BCUT2D eigenvalue weighted by Crippen LogP contribution is 2.20. The highest BCUT2D eigenvalue weighted by Gasteiger charge is 2.18. The van der Waals surface area contributed by atoms with Crippen molar-refractivity contribution in [2.75, 3.05) is 5.32 Å². The summed E-state index contributed by atoms with van der Waals surface area (Å²) in [5.41, 5.74) is 2.47. The van der Waals surface area contributed by atoms with Crippen molar-refractivity contribution in [1.82, 2.24) is 0 Å². The third kappa shape index (κ3) is 4.21. The molecule has 0 aliphatic heterocycles. The lowest BCUT2D eigenvalue weighted by Gasteiger charge is -2.06. The molecule has 1 N–H and O–H groups in total. The average molecular weight is 344 g/mol. The Morgan fingerprint density at radius 1 is 0.808 bits per heavy atom. The third-order valence-electron chi connectivity index (χ3n) is 3.78. The second-order valence-corrected chi connectivity index (χ2v) is 5.59. The zero-order valence-corrected chi connectivity index (χ0v) is 13.8. The topological polar surface area (TPSA) is 72.2 Å². The van der Waals surface area contributed by atoms with Crippen molar-refractivity contribution in [2.24, 2.45) is 0 Å². The van der Waals surface area contributed by atoms with Gasteiger partial charge in [-0.15, -0.1) is 0 Å². The molecule has 0 spiro atoms. The maximum absolute atomic E-state index is 12.3. The Labute approximate surface area is 150 Å². The molecule has 3 rings (SSSR count). The number of nitrogens with zero attached hydrogens (tertiary/aromatic N) is 1. The summed E-state index contributed by atoms with van der Waals surface area (Å²) in [4.78, 5) is 22.8. The monoisotopic (exact) mass is 344 g/mol. The van der Waals surface area contributed by atoms with Gasteiger partial charge in [-0.2, -0.15) is 0 Å². The van der Waals surface area contributed by atoms with Crippen LogP contribution in [0.1, 0.15) is 21.5 Å². The number of hydrogen-bond donors (Lipinski definition) is 1. The van der Waals surface area contributed by atoms with E-state index in [-0.39, 0.29) is 11.3 Å². The molecule has 5 heteroatoms. The van der Waals surface area contributed by atoms with Crippen LogP contribution in [-0.4, -0.2) is 10.8 Å². The summed E-state index contributed by atoms with van der Waals surface area (Å²) in [7, 11) is 0. The van der Waals surface area contributed by atoms with Crippen LogP contribution in [0.4, 0.5) is 11.4 Å². The molecule has 0 aliphatic rings. The minimum absolute atomic E-state index is 0.0329. The van der Waals surface area contributed by atoms with E-state index in [1.807, 2.05) is 54.6 Å². The third-order valence-corrected chi connectivity index (χ3v) is 3.78. The van der Waals surface area contributed by atoms with Crippen LogP contribution < -0.4 is 5.32 Å². The number of carbonyl (C=O) groups excluding carboxylic acids is 1. The molecule has 3 aromatic rings. The zero-order valence-electron chi connectivity index (χ0n) is 13.8. The van der Waals surface area contributed by atoms with Crippen LogP contribution in [0.5, 0.6) is 0 Å². The van der Waals surface area contributed by atoms with E-state index < -0.39 is 10.8 Å². The van der Waals surface area contributed by atoms with Gasteiger partial charge in [-0.3, -0.25) is 14.9 Å². The lowest BCUT2D eigenvalue weighted by atomic mass is 10.1. The summed E-state index contributed by atoms with van der Waals surface area (Å²) in [6.45, 7) is 0. The van der Waals surface area contributed by atoms with Crippen LogP contribution >= 0.6 is 0 Å². The highest BCUT2D eigenvalue weighted by molar-refractivity contribution is 6.07. The molecule has 0 fully saturated rings. The van der Waals surface area contributed by atoms with Crippen molar-refractivity contribution in [3.05, 3.63) is 106 Å². The molecule has 1 amide bonds. The molecule has 3 aromatic carbocycles. The SMILES string of the molecule is O=C(Nc1ccc(C=Cc2ccccc2)cc1)c1ccccc1[N+](=O)[O-]. The van der Waals surface area contributed by atoms with Crippen molar-refractivity contribution in [1.29, 1.82) is 0 Å². The summed E-state index contributed by atoms with van der Waals surface area (Å²) in [5.74, 6) is -0.509.